The molecule has 0 bridgehead atoms. The molecule has 4 N–H and O–H groups in total. The van der Waals surface area contributed by atoms with Crippen LogP contribution in [0.3, 0.4) is 0 Å². The molecule has 1 amide bonds. The van der Waals surface area contributed by atoms with Crippen LogP contribution in [-0.4, -0.2) is 28.6 Å². The van der Waals surface area contributed by atoms with Crippen molar-refractivity contribution in [3.05, 3.63) is 0 Å². The molecule has 1 aliphatic rings. The Hall–Kier alpha value is -1.10. The third-order valence-corrected chi connectivity index (χ3v) is 3.06. The third kappa shape index (κ3) is 4.18. The van der Waals surface area contributed by atoms with Crippen LogP contribution in [0.25, 0.3) is 0 Å². The monoisotopic (exact) mass is 228 g/mol. The van der Waals surface area contributed by atoms with Crippen molar-refractivity contribution >= 4 is 11.9 Å². The molecule has 1 saturated carbocycles. The van der Waals surface area contributed by atoms with Gasteiger partial charge in [0.1, 0.15) is 0 Å². The van der Waals surface area contributed by atoms with Crippen LogP contribution in [0, 0.1) is 0 Å². The summed E-state index contributed by atoms with van der Waals surface area (Å²) in [6.07, 6.45) is 3.80. The minimum atomic E-state index is -0.838. The van der Waals surface area contributed by atoms with E-state index in [1.165, 1.54) is 0 Å². The van der Waals surface area contributed by atoms with Crippen LogP contribution in [0.4, 0.5) is 0 Å². The molecule has 0 radical (unpaired) electrons. The summed E-state index contributed by atoms with van der Waals surface area (Å²) in [4.78, 5) is 21.9. The van der Waals surface area contributed by atoms with E-state index in [9.17, 15) is 9.59 Å². The Morgan fingerprint density at radius 3 is 2.56 bits per heavy atom. The maximum Gasteiger partial charge on any atom is 0.303 e. The van der Waals surface area contributed by atoms with E-state index in [2.05, 4.69) is 5.32 Å². The summed E-state index contributed by atoms with van der Waals surface area (Å²) in [6.45, 7) is 1.81. The molecule has 16 heavy (non-hydrogen) atoms. The Morgan fingerprint density at radius 2 is 2.12 bits per heavy atom. The molecule has 0 saturated heterocycles. The van der Waals surface area contributed by atoms with Crippen LogP contribution < -0.4 is 11.1 Å². The summed E-state index contributed by atoms with van der Waals surface area (Å²) in [5, 5.41) is 11.3. The van der Waals surface area contributed by atoms with Crippen molar-refractivity contribution in [2.24, 2.45) is 5.73 Å². The topological polar surface area (TPSA) is 92.4 Å². The maximum atomic E-state index is 11.6. The third-order valence-electron chi connectivity index (χ3n) is 3.06. The first-order chi connectivity index (χ1) is 7.41. The largest absolute Gasteiger partial charge is 0.481 e. The molecule has 0 aliphatic heterocycles. The van der Waals surface area contributed by atoms with E-state index in [1.54, 1.807) is 0 Å². The zero-order valence-corrected chi connectivity index (χ0v) is 9.66. The Morgan fingerprint density at radius 1 is 1.50 bits per heavy atom. The van der Waals surface area contributed by atoms with E-state index in [-0.39, 0.29) is 23.9 Å². The number of carboxylic acids is 1. The number of nitrogens with two attached hydrogens (primary N) is 1. The zero-order chi connectivity index (χ0) is 12.2. The van der Waals surface area contributed by atoms with Gasteiger partial charge in [0.25, 0.3) is 0 Å². The lowest BCUT2D eigenvalue weighted by atomic mass is 9.75. The Labute approximate surface area is 95.4 Å². The lowest BCUT2D eigenvalue weighted by Crippen LogP contribution is -2.50. The predicted molar refractivity (Wildman–Crippen MR) is 59.9 cm³/mol. The van der Waals surface area contributed by atoms with E-state index in [0.29, 0.717) is 12.8 Å². The smallest absolute Gasteiger partial charge is 0.303 e. The van der Waals surface area contributed by atoms with E-state index >= 15 is 0 Å². The summed E-state index contributed by atoms with van der Waals surface area (Å²) >= 11 is 0. The SMILES string of the molecule is CC(CCC(=O)O)NC(=O)CC1(N)CCC1. The highest BCUT2D eigenvalue weighted by molar-refractivity contribution is 5.77. The number of hydrogen-bond acceptors (Lipinski definition) is 3. The summed E-state index contributed by atoms with van der Waals surface area (Å²) in [5.41, 5.74) is 5.64. The van der Waals surface area contributed by atoms with Crippen LogP contribution in [0.15, 0.2) is 0 Å². The molecule has 0 aromatic heterocycles. The lowest BCUT2D eigenvalue weighted by Gasteiger charge is -2.37. The molecule has 0 aromatic rings. The highest BCUT2D eigenvalue weighted by Gasteiger charge is 2.34. The van der Waals surface area contributed by atoms with Gasteiger partial charge in [0, 0.05) is 24.4 Å². The van der Waals surface area contributed by atoms with Gasteiger partial charge in [0.05, 0.1) is 0 Å². The number of amides is 1. The number of nitrogens with one attached hydrogen (secondary N) is 1. The number of carbonyl (C=O) groups excluding carboxylic acids is 1. The Kier molecular flexibility index (Phi) is 4.29. The molecular weight excluding hydrogens is 208 g/mol. The van der Waals surface area contributed by atoms with Gasteiger partial charge in [-0.25, -0.2) is 0 Å². The summed E-state index contributed by atoms with van der Waals surface area (Å²) < 4.78 is 0. The summed E-state index contributed by atoms with van der Waals surface area (Å²) in [7, 11) is 0. The standard InChI is InChI=1S/C11H20N2O3/c1-8(3-4-10(15)16)13-9(14)7-11(12)5-2-6-11/h8H,2-7,12H2,1H3,(H,13,14)(H,15,16). The average Bonchev–Trinajstić information content (AvgIpc) is 2.12. The number of rotatable bonds is 6. The van der Waals surface area contributed by atoms with Gasteiger partial charge in [-0.1, -0.05) is 0 Å². The van der Waals surface area contributed by atoms with Crippen LogP contribution >= 0.6 is 0 Å². The molecule has 92 valence electrons. The Balaban J connectivity index is 2.20. The van der Waals surface area contributed by atoms with E-state index in [1.807, 2.05) is 6.92 Å². The fourth-order valence-electron chi connectivity index (χ4n) is 1.87. The van der Waals surface area contributed by atoms with Crippen LogP contribution in [0.5, 0.6) is 0 Å². The molecule has 5 heteroatoms. The van der Waals surface area contributed by atoms with Crippen molar-refractivity contribution in [1.29, 1.82) is 0 Å². The first-order valence-electron chi connectivity index (χ1n) is 5.71. The molecule has 1 rings (SSSR count). The predicted octanol–water partition coefficient (Wildman–Crippen LogP) is 0.627. The van der Waals surface area contributed by atoms with E-state index in [4.69, 9.17) is 10.8 Å². The lowest BCUT2D eigenvalue weighted by molar-refractivity contribution is -0.137. The van der Waals surface area contributed by atoms with Gasteiger partial charge < -0.3 is 16.2 Å². The van der Waals surface area contributed by atoms with Gasteiger partial charge in [-0.3, -0.25) is 9.59 Å². The van der Waals surface area contributed by atoms with Crippen molar-refractivity contribution in [2.45, 2.75) is 57.0 Å². The number of hydrogen-bond donors (Lipinski definition) is 3. The van der Waals surface area contributed by atoms with Gasteiger partial charge in [0.15, 0.2) is 0 Å². The number of carbonyl (C=O) groups is 2. The van der Waals surface area contributed by atoms with Crippen molar-refractivity contribution in [3.8, 4) is 0 Å². The molecule has 0 heterocycles. The van der Waals surface area contributed by atoms with Crippen molar-refractivity contribution in [1.82, 2.24) is 5.32 Å². The minimum Gasteiger partial charge on any atom is -0.481 e. The minimum absolute atomic E-state index is 0.0694. The molecule has 0 aromatic carbocycles. The highest BCUT2D eigenvalue weighted by Crippen LogP contribution is 2.31. The number of aliphatic carboxylic acids is 1. The summed E-state index contributed by atoms with van der Waals surface area (Å²) in [5.74, 6) is -0.907. The maximum absolute atomic E-state index is 11.6. The average molecular weight is 228 g/mol. The van der Waals surface area contributed by atoms with Gasteiger partial charge in [-0.15, -0.1) is 0 Å². The first-order valence-corrected chi connectivity index (χ1v) is 5.71. The first kappa shape index (κ1) is 13.0. The normalized spacial score (nSPS) is 19.6. The fraction of sp³-hybridized carbons (Fsp3) is 0.818. The second kappa shape index (κ2) is 5.30. The molecule has 0 spiro atoms. The van der Waals surface area contributed by atoms with Crippen LogP contribution in [-0.2, 0) is 9.59 Å². The van der Waals surface area contributed by atoms with Gasteiger partial charge in [0.2, 0.25) is 5.91 Å². The van der Waals surface area contributed by atoms with Crippen LogP contribution in [0.2, 0.25) is 0 Å². The van der Waals surface area contributed by atoms with E-state index < -0.39 is 5.97 Å². The summed E-state index contributed by atoms with van der Waals surface area (Å²) in [6, 6.07) is -0.104. The molecule has 1 fully saturated rings. The van der Waals surface area contributed by atoms with Crippen molar-refractivity contribution in [2.75, 3.05) is 0 Å². The fourth-order valence-corrected chi connectivity index (χ4v) is 1.87. The zero-order valence-electron chi connectivity index (χ0n) is 9.66. The molecule has 5 nitrogen and oxygen atoms in total. The molecular formula is C11H20N2O3. The quantitative estimate of drug-likeness (QED) is 0.621. The second-order valence-electron chi connectivity index (χ2n) is 4.79. The molecule has 1 aliphatic carbocycles. The van der Waals surface area contributed by atoms with E-state index in [0.717, 1.165) is 19.3 Å². The molecule has 1 atom stereocenters. The van der Waals surface area contributed by atoms with Crippen molar-refractivity contribution in [3.63, 3.8) is 0 Å². The number of carboxylic acid groups (broad SMARTS) is 1. The van der Waals surface area contributed by atoms with Crippen molar-refractivity contribution < 1.29 is 14.7 Å². The Bertz CT molecular complexity index is 274. The van der Waals surface area contributed by atoms with Gasteiger partial charge in [-0.2, -0.15) is 0 Å². The highest BCUT2D eigenvalue weighted by atomic mass is 16.4. The second-order valence-corrected chi connectivity index (χ2v) is 4.79. The molecule has 1 unspecified atom stereocenters. The van der Waals surface area contributed by atoms with Gasteiger partial charge >= 0.3 is 5.97 Å². The van der Waals surface area contributed by atoms with Gasteiger partial charge in [-0.05, 0) is 32.6 Å². The van der Waals surface area contributed by atoms with Crippen LogP contribution in [0.1, 0.15) is 45.4 Å².